The van der Waals surface area contributed by atoms with Crippen LogP contribution in [0.4, 0.5) is 11.5 Å². The molecular formula is C13H11BrClN3O2. The lowest BCUT2D eigenvalue weighted by molar-refractivity contribution is -0.384. The topological polar surface area (TPSA) is 68.1 Å². The Kier molecular flexibility index (Phi) is 4.57. The van der Waals surface area contributed by atoms with Gasteiger partial charge in [0, 0.05) is 21.8 Å². The van der Waals surface area contributed by atoms with Crippen molar-refractivity contribution in [2.45, 2.75) is 13.0 Å². The molecule has 0 amide bonds. The van der Waals surface area contributed by atoms with E-state index in [-0.39, 0.29) is 17.5 Å². The molecule has 0 spiro atoms. The zero-order valence-corrected chi connectivity index (χ0v) is 12.9. The average Bonchev–Trinajstić information content (AvgIpc) is 2.40. The molecule has 0 aliphatic heterocycles. The maximum Gasteiger partial charge on any atom is 0.312 e. The van der Waals surface area contributed by atoms with Crippen molar-refractivity contribution >= 4 is 39.0 Å². The molecule has 5 nitrogen and oxygen atoms in total. The van der Waals surface area contributed by atoms with Gasteiger partial charge in [-0.2, -0.15) is 0 Å². The van der Waals surface area contributed by atoms with Crippen molar-refractivity contribution in [1.82, 2.24) is 4.98 Å². The van der Waals surface area contributed by atoms with Gasteiger partial charge in [0.05, 0.1) is 11.0 Å². The van der Waals surface area contributed by atoms with Crippen molar-refractivity contribution < 1.29 is 4.92 Å². The Balaban J connectivity index is 2.28. The van der Waals surface area contributed by atoms with Crippen molar-refractivity contribution in [1.29, 1.82) is 0 Å². The van der Waals surface area contributed by atoms with Crippen molar-refractivity contribution in [3.8, 4) is 0 Å². The first-order chi connectivity index (χ1) is 9.47. The highest BCUT2D eigenvalue weighted by molar-refractivity contribution is 9.10. The highest BCUT2D eigenvalue weighted by Crippen LogP contribution is 2.29. The Hall–Kier alpha value is -1.66. The Labute approximate surface area is 129 Å². The zero-order chi connectivity index (χ0) is 14.7. The molecule has 20 heavy (non-hydrogen) atoms. The van der Waals surface area contributed by atoms with Crippen molar-refractivity contribution in [3.63, 3.8) is 0 Å². The normalized spacial score (nSPS) is 11.9. The third-order valence-electron chi connectivity index (χ3n) is 2.73. The number of pyridine rings is 1. The van der Waals surface area contributed by atoms with E-state index in [1.54, 1.807) is 6.07 Å². The number of nitrogens with zero attached hydrogens (tertiary/aromatic N) is 2. The van der Waals surface area contributed by atoms with E-state index < -0.39 is 4.92 Å². The van der Waals surface area contributed by atoms with Crippen LogP contribution in [0.25, 0.3) is 0 Å². The summed E-state index contributed by atoms with van der Waals surface area (Å²) in [5.41, 5.74) is 0.852. The molecule has 1 N–H and O–H groups in total. The summed E-state index contributed by atoms with van der Waals surface area (Å²) >= 11 is 9.11. The van der Waals surface area contributed by atoms with Gasteiger partial charge < -0.3 is 5.32 Å². The molecule has 1 atom stereocenters. The molecular weight excluding hydrogens is 346 g/mol. The lowest BCUT2D eigenvalue weighted by Gasteiger charge is -2.15. The molecule has 0 fully saturated rings. The number of nitrogens with one attached hydrogen (secondary N) is 1. The average molecular weight is 357 g/mol. The van der Waals surface area contributed by atoms with Crippen LogP contribution < -0.4 is 5.32 Å². The number of benzene rings is 1. The quantitative estimate of drug-likeness (QED) is 0.643. The van der Waals surface area contributed by atoms with Gasteiger partial charge in [0.15, 0.2) is 0 Å². The molecule has 2 rings (SSSR count). The number of hydrogen-bond donors (Lipinski definition) is 1. The molecule has 1 aromatic heterocycles. The first-order valence-electron chi connectivity index (χ1n) is 5.79. The van der Waals surface area contributed by atoms with Crippen molar-refractivity contribution in [2.24, 2.45) is 0 Å². The fourth-order valence-electron chi connectivity index (χ4n) is 1.74. The largest absolute Gasteiger partial charge is 0.358 e. The molecule has 7 heteroatoms. The van der Waals surface area contributed by atoms with Crippen LogP contribution >= 0.6 is 27.5 Å². The minimum atomic E-state index is -0.467. The molecule has 0 bridgehead atoms. The standard InChI is InChI=1S/C13H11BrClN3O2/c1-8(9-3-2-4-11(15)5-9)17-13-12(18(19)20)6-10(14)7-16-13/h2-8H,1H3,(H,16,17). The monoisotopic (exact) mass is 355 g/mol. The SMILES string of the molecule is CC(Nc1ncc(Br)cc1[N+](=O)[O-])c1cccc(Cl)c1. The summed E-state index contributed by atoms with van der Waals surface area (Å²) in [4.78, 5) is 14.6. The fourth-order valence-corrected chi connectivity index (χ4v) is 2.26. The second kappa shape index (κ2) is 6.19. The molecule has 2 aromatic rings. The maximum atomic E-state index is 11.0. The van der Waals surface area contributed by atoms with Crippen molar-refractivity contribution in [3.05, 3.63) is 61.7 Å². The summed E-state index contributed by atoms with van der Waals surface area (Å²) in [7, 11) is 0. The highest BCUT2D eigenvalue weighted by atomic mass is 79.9. The van der Waals surface area contributed by atoms with E-state index in [0.29, 0.717) is 9.50 Å². The summed E-state index contributed by atoms with van der Waals surface area (Å²) in [5.74, 6) is 0.227. The second-order valence-corrected chi connectivity index (χ2v) is 5.55. The number of aromatic nitrogens is 1. The van der Waals surface area contributed by atoms with Crippen LogP contribution in [0.15, 0.2) is 41.0 Å². The van der Waals surface area contributed by atoms with Gasteiger partial charge in [-0.1, -0.05) is 23.7 Å². The third kappa shape index (κ3) is 3.46. The Morgan fingerprint density at radius 3 is 2.85 bits per heavy atom. The molecule has 0 radical (unpaired) electrons. The lowest BCUT2D eigenvalue weighted by Crippen LogP contribution is -2.09. The van der Waals surface area contributed by atoms with Gasteiger partial charge in [-0.15, -0.1) is 0 Å². The highest BCUT2D eigenvalue weighted by Gasteiger charge is 2.18. The van der Waals surface area contributed by atoms with Gasteiger partial charge in [0.2, 0.25) is 5.82 Å². The molecule has 1 aromatic carbocycles. The van der Waals surface area contributed by atoms with Gasteiger partial charge in [0.25, 0.3) is 0 Å². The first-order valence-corrected chi connectivity index (χ1v) is 6.96. The molecule has 1 heterocycles. The Bertz CT molecular complexity index is 651. The van der Waals surface area contributed by atoms with Gasteiger partial charge in [-0.3, -0.25) is 10.1 Å². The minimum absolute atomic E-state index is 0.0757. The van der Waals surface area contributed by atoms with Crippen LogP contribution in [0.5, 0.6) is 0 Å². The number of hydrogen-bond acceptors (Lipinski definition) is 4. The minimum Gasteiger partial charge on any atom is -0.358 e. The molecule has 0 saturated carbocycles. The summed E-state index contributed by atoms with van der Waals surface area (Å²) < 4.78 is 0.560. The fraction of sp³-hybridized carbons (Fsp3) is 0.154. The molecule has 0 aliphatic carbocycles. The van der Waals surface area contributed by atoms with Crippen LogP contribution in [0, 0.1) is 10.1 Å². The maximum absolute atomic E-state index is 11.0. The number of rotatable bonds is 4. The smallest absolute Gasteiger partial charge is 0.312 e. The van der Waals surface area contributed by atoms with Gasteiger partial charge in [-0.05, 0) is 40.5 Å². The number of anilines is 1. The summed E-state index contributed by atoms with van der Waals surface area (Å²) in [6, 6.07) is 8.58. The lowest BCUT2D eigenvalue weighted by atomic mass is 10.1. The molecule has 0 saturated heterocycles. The van der Waals surface area contributed by atoms with Crippen LogP contribution in [0.3, 0.4) is 0 Å². The van der Waals surface area contributed by atoms with Crippen LogP contribution in [0.2, 0.25) is 5.02 Å². The van der Waals surface area contributed by atoms with E-state index in [0.717, 1.165) is 5.56 Å². The zero-order valence-electron chi connectivity index (χ0n) is 10.5. The van der Waals surface area contributed by atoms with Gasteiger partial charge >= 0.3 is 5.69 Å². The van der Waals surface area contributed by atoms with E-state index in [9.17, 15) is 10.1 Å². The third-order valence-corrected chi connectivity index (χ3v) is 3.40. The number of nitro groups is 1. The van der Waals surface area contributed by atoms with Crippen LogP contribution in [-0.4, -0.2) is 9.91 Å². The van der Waals surface area contributed by atoms with Crippen LogP contribution in [-0.2, 0) is 0 Å². The van der Waals surface area contributed by atoms with Gasteiger partial charge in [0.1, 0.15) is 0 Å². The predicted octanol–water partition coefficient (Wildman–Crippen LogP) is 4.58. The summed E-state index contributed by atoms with van der Waals surface area (Å²) in [5, 5.41) is 14.7. The Morgan fingerprint density at radius 1 is 1.45 bits per heavy atom. The van der Waals surface area contributed by atoms with Gasteiger partial charge in [-0.25, -0.2) is 4.98 Å². The molecule has 0 aliphatic rings. The van der Waals surface area contributed by atoms with E-state index in [2.05, 4.69) is 26.2 Å². The van der Waals surface area contributed by atoms with E-state index in [1.165, 1.54) is 12.3 Å². The van der Waals surface area contributed by atoms with E-state index in [1.807, 2.05) is 25.1 Å². The summed E-state index contributed by atoms with van der Waals surface area (Å²) in [6.45, 7) is 1.89. The predicted molar refractivity (Wildman–Crippen MR) is 82.1 cm³/mol. The number of halogens is 2. The summed E-state index contributed by atoms with van der Waals surface area (Å²) in [6.07, 6.45) is 1.51. The molecule has 104 valence electrons. The van der Waals surface area contributed by atoms with Crippen LogP contribution in [0.1, 0.15) is 18.5 Å². The Morgan fingerprint density at radius 2 is 2.20 bits per heavy atom. The first kappa shape index (κ1) is 14.7. The van der Waals surface area contributed by atoms with E-state index >= 15 is 0 Å². The van der Waals surface area contributed by atoms with E-state index in [4.69, 9.17) is 11.6 Å². The molecule has 1 unspecified atom stereocenters. The van der Waals surface area contributed by atoms with Crippen molar-refractivity contribution in [2.75, 3.05) is 5.32 Å². The second-order valence-electron chi connectivity index (χ2n) is 4.20.